The van der Waals surface area contributed by atoms with Gasteiger partial charge in [0.25, 0.3) is 0 Å². The number of benzene rings is 3. The first-order valence-corrected chi connectivity index (χ1v) is 9.22. The molecule has 0 saturated heterocycles. The highest BCUT2D eigenvalue weighted by atomic mass is 16.5. The summed E-state index contributed by atoms with van der Waals surface area (Å²) < 4.78 is 10.6. The van der Waals surface area contributed by atoms with Gasteiger partial charge in [-0.2, -0.15) is 0 Å². The van der Waals surface area contributed by atoms with Gasteiger partial charge in [0.05, 0.1) is 17.7 Å². The standard InChI is InChI=1S/C24H22O4/c1-18-9-11-21(12-10-18)24(26)28-22-15-13-20(14-16-22)23(25)27-17-5-8-19-6-3-2-4-7-19/h2-4,6-7,9-16H,5,8,17H2,1H3. The van der Waals surface area contributed by atoms with Gasteiger partial charge in [0, 0.05) is 0 Å². The van der Waals surface area contributed by atoms with Gasteiger partial charge in [0.15, 0.2) is 0 Å². The van der Waals surface area contributed by atoms with Crippen LogP contribution in [0.4, 0.5) is 0 Å². The molecule has 0 saturated carbocycles. The van der Waals surface area contributed by atoms with Crippen molar-refractivity contribution in [2.75, 3.05) is 6.61 Å². The summed E-state index contributed by atoms with van der Waals surface area (Å²) in [7, 11) is 0. The van der Waals surface area contributed by atoms with Gasteiger partial charge in [-0.1, -0.05) is 48.0 Å². The van der Waals surface area contributed by atoms with Crippen LogP contribution in [0.5, 0.6) is 5.75 Å². The molecule has 3 aromatic rings. The molecule has 0 fully saturated rings. The molecule has 0 amide bonds. The largest absolute Gasteiger partial charge is 0.462 e. The molecule has 0 spiro atoms. The summed E-state index contributed by atoms with van der Waals surface area (Å²) in [5.41, 5.74) is 3.20. The number of hydrogen-bond acceptors (Lipinski definition) is 4. The van der Waals surface area contributed by atoms with E-state index in [1.807, 2.05) is 37.3 Å². The van der Waals surface area contributed by atoms with E-state index in [-0.39, 0.29) is 5.97 Å². The molecule has 0 aliphatic rings. The van der Waals surface area contributed by atoms with E-state index in [2.05, 4.69) is 12.1 Å². The summed E-state index contributed by atoms with van der Waals surface area (Å²) in [6.45, 7) is 2.31. The van der Waals surface area contributed by atoms with Gasteiger partial charge >= 0.3 is 11.9 Å². The second kappa shape index (κ2) is 9.51. The zero-order valence-corrected chi connectivity index (χ0v) is 15.8. The van der Waals surface area contributed by atoms with Gasteiger partial charge in [-0.15, -0.1) is 0 Å². The van der Waals surface area contributed by atoms with Crippen molar-refractivity contribution in [1.82, 2.24) is 0 Å². The SMILES string of the molecule is Cc1ccc(C(=O)Oc2ccc(C(=O)OCCCc3ccccc3)cc2)cc1. The van der Waals surface area contributed by atoms with Crippen molar-refractivity contribution in [3.63, 3.8) is 0 Å². The highest BCUT2D eigenvalue weighted by Gasteiger charge is 2.10. The highest BCUT2D eigenvalue weighted by molar-refractivity contribution is 5.92. The summed E-state index contributed by atoms with van der Waals surface area (Å²) >= 11 is 0. The lowest BCUT2D eigenvalue weighted by atomic mass is 10.1. The van der Waals surface area contributed by atoms with Crippen LogP contribution in [0.25, 0.3) is 0 Å². The molecular weight excluding hydrogens is 352 g/mol. The van der Waals surface area contributed by atoms with Gasteiger partial charge in [-0.3, -0.25) is 0 Å². The van der Waals surface area contributed by atoms with Crippen LogP contribution < -0.4 is 4.74 Å². The lowest BCUT2D eigenvalue weighted by Crippen LogP contribution is -2.09. The van der Waals surface area contributed by atoms with Gasteiger partial charge in [-0.05, 0) is 61.7 Å². The minimum absolute atomic E-state index is 0.359. The Hall–Kier alpha value is -3.40. The molecular formula is C24H22O4. The van der Waals surface area contributed by atoms with Crippen LogP contribution in [-0.4, -0.2) is 18.5 Å². The molecule has 0 heterocycles. The average Bonchev–Trinajstić information content (AvgIpc) is 2.73. The molecule has 3 aromatic carbocycles. The third kappa shape index (κ3) is 5.55. The highest BCUT2D eigenvalue weighted by Crippen LogP contribution is 2.15. The van der Waals surface area contributed by atoms with Gasteiger partial charge < -0.3 is 9.47 Å². The maximum atomic E-state index is 12.1. The Balaban J connectivity index is 1.47. The van der Waals surface area contributed by atoms with Crippen LogP contribution in [0.15, 0.2) is 78.9 Å². The van der Waals surface area contributed by atoms with Crippen molar-refractivity contribution in [2.45, 2.75) is 19.8 Å². The van der Waals surface area contributed by atoms with Gasteiger partial charge in [0.1, 0.15) is 5.75 Å². The average molecular weight is 374 g/mol. The van der Waals surface area contributed by atoms with E-state index in [4.69, 9.17) is 9.47 Å². The van der Waals surface area contributed by atoms with E-state index in [1.54, 1.807) is 36.4 Å². The van der Waals surface area contributed by atoms with E-state index in [9.17, 15) is 9.59 Å². The molecule has 28 heavy (non-hydrogen) atoms. The Labute approximate surface area is 164 Å². The number of carbonyl (C=O) groups is 2. The Bertz CT molecular complexity index is 913. The van der Waals surface area contributed by atoms with Crippen LogP contribution in [0.2, 0.25) is 0 Å². The minimum atomic E-state index is -0.434. The number of rotatable bonds is 7. The zero-order chi connectivity index (χ0) is 19.8. The molecule has 0 aliphatic heterocycles. The lowest BCUT2D eigenvalue weighted by molar-refractivity contribution is 0.0500. The molecule has 4 nitrogen and oxygen atoms in total. The first kappa shape index (κ1) is 19.4. The van der Waals surface area contributed by atoms with Crippen LogP contribution in [0, 0.1) is 6.92 Å². The van der Waals surface area contributed by atoms with E-state index in [0.29, 0.717) is 23.5 Å². The Morgan fingerprint density at radius 2 is 1.36 bits per heavy atom. The summed E-state index contributed by atoms with van der Waals surface area (Å²) in [5, 5.41) is 0. The van der Waals surface area contributed by atoms with Crippen molar-refractivity contribution < 1.29 is 19.1 Å². The van der Waals surface area contributed by atoms with E-state index >= 15 is 0 Å². The second-order valence-corrected chi connectivity index (χ2v) is 6.50. The second-order valence-electron chi connectivity index (χ2n) is 6.50. The molecule has 0 bridgehead atoms. The fourth-order valence-corrected chi connectivity index (χ4v) is 2.68. The fourth-order valence-electron chi connectivity index (χ4n) is 2.68. The molecule has 0 radical (unpaired) electrons. The number of carbonyl (C=O) groups excluding carboxylic acids is 2. The summed E-state index contributed by atoms with van der Waals surface area (Å²) in [4.78, 5) is 24.2. The summed E-state index contributed by atoms with van der Waals surface area (Å²) in [6.07, 6.45) is 1.63. The fraction of sp³-hybridized carbons (Fsp3) is 0.167. The summed E-state index contributed by atoms with van der Waals surface area (Å²) in [5.74, 6) is -0.438. The molecule has 0 aromatic heterocycles. The first-order valence-electron chi connectivity index (χ1n) is 9.22. The summed E-state index contributed by atoms with van der Waals surface area (Å²) in [6, 6.07) is 23.6. The predicted molar refractivity (Wildman–Crippen MR) is 108 cm³/mol. The van der Waals surface area contributed by atoms with Gasteiger partial charge in [0.2, 0.25) is 0 Å². The number of esters is 2. The van der Waals surface area contributed by atoms with Crippen molar-refractivity contribution in [2.24, 2.45) is 0 Å². The molecule has 0 unspecified atom stereocenters. The molecule has 0 N–H and O–H groups in total. The zero-order valence-electron chi connectivity index (χ0n) is 15.8. The predicted octanol–water partition coefficient (Wildman–Crippen LogP) is 5.00. The van der Waals surface area contributed by atoms with E-state index in [1.165, 1.54) is 5.56 Å². The number of aryl methyl sites for hydroxylation is 2. The lowest BCUT2D eigenvalue weighted by Gasteiger charge is -2.07. The third-order valence-electron chi connectivity index (χ3n) is 4.27. The number of hydrogen-bond donors (Lipinski definition) is 0. The topological polar surface area (TPSA) is 52.6 Å². The van der Waals surface area contributed by atoms with Crippen molar-refractivity contribution in [1.29, 1.82) is 0 Å². The van der Waals surface area contributed by atoms with Crippen LogP contribution in [-0.2, 0) is 11.2 Å². The van der Waals surface area contributed by atoms with Crippen LogP contribution in [0.3, 0.4) is 0 Å². The Morgan fingerprint density at radius 3 is 2.04 bits per heavy atom. The van der Waals surface area contributed by atoms with E-state index < -0.39 is 5.97 Å². The monoisotopic (exact) mass is 374 g/mol. The smallest absolute Gasteiger partial charge is 0.343 e. The van der Waals surface area contributed by atoms with Crippen LogP contribution >= 0.6 is 0 Å². The quantitative estimate of drug-likeness (QED) is 0.332. The molecule has 4 heteroatoms. The molecule has 3 rings (SSSR count). The Kier molecular flexibility index (Phi) is 6.58. The van der Waals surface area contributed by atoms with Gasteiger partial charge in [-0.25, -0.2) is 9.59 Å². The third-order valence-corrected chi connectivity index (χ3v) is 4.27. The number of ether oxygens (including phenoxy) is 2. The first-order chi connectivity index (χ1) is 13.6. The molecule has 0 aliphatic carbocycles. The maximum absolute atomic E-state index is 12.1. The minimum Gasteiger partial charge on any atom is -0.462 e. The Morgan fingerprint density at radius 1 is 0.750 bits per heavy atom. The van der Waals surface area contributed by atoms with E-state index in [0.717, 1.165) is 18.4 Å². The maximum Gasteiger partial charge on any atom is 0.343 e. The van der Waals surface area contributed by atoms with Crippen molar-refractivity contribution in [3.8, 4) is 5.75 Å². The molecule has 142 valence electrons. The van der Waals surface area contributed by atoms with Crippen LogP contribution in [0.1, 0.15) is 38.3 Å². The molecule has 0 atom stereocenters. The normalized spacial score (nSPS) is 10.3. The van der Waals surface area contributed by atoms with Crippen molar-refractivity contribution >= 4 is 11.9 Å². The van der Waals surface area contributed by atoms with Crippen molar-refractivity contribution in [3.05, 3.63) is 101 Å².